The number of carbonyl (C=O) groups excluding carboxylic acids is 1. The Labute approximate surface area is 143 Å². The molecule has 0 unspecified atom stereocenters. The quantitative estimate of drug-likeness (QED) is 0.785. The highest BCUT2D eigenvalue weighted by Gasteiger charge is 2.29. The summed E-state index contributed by atoms with van der Waals surface area (Å²) < 4.78 is 15.0. The number of aromatic nitrogens is 1. The summed E-state index contributed by atoms with van der Waals surface area (Å²) in [6.45, 7) is 1.97. The molecule has 1 fully saturated rings. The van der Waals surface area contributed by atoms with Gasteiger partial charge in [-0.15, -0.1) is 0 Å². The first-order valence-corrected chi connectivity index (χ1v) is 8.26. The molecular formula is C20H17FN2O2. The van der Waals surface area contributed by atoms with Crippen molar-refractivity contribution in [2.45, 2.75) is 25.8 Å². The van der Waals surface area contributed by atoms with Gasteiger partial charge < -0.3 is 9.88 Å². The number of aryl methyl sites for hydroxylation is 1. The number of nitrogens with one attached hydrogen (secondary N) is 1. The van der Waals surface area contributed by atoms with Crippen molar-refractivity contribution in [1.82, 2.24) is 4.57 Å². The highest BCUT2D eigenvalue weighted by molar-refractivity contribution is 6.05. The third-order valence-electron chi connectivity index (χ3n) is 4.47. The topological polar surface area (TPSA) is 51.1 Å². The lowest BCUT2D eigenvalue weighted by molar-refractivity contribution is 0.101. The summed E-state index contributed by atoms with van der Waals surface area (Å²) in [5.74, 6) is -0.789. The van der Waals surface area contributed by atoms with Crippen molar-refractivity contribution in [3.63, 3.8) is 0 Å². The third kappa shape index (κ3) is 2.93. The van der Waals surface area contributed by atoms with Crippen LogP contribution >= 0.6 is 0 Å². The number of hydrogen-bond acceptors (Lipinski definition) is 2. The minimum Gasteiger partial charge on any atom is -0.321 e. The van der Waals surface area contributed by atoms with Gasteiger partial charge in [0.1, 0.15) is 11.5 Å². The fraction of sp³-hybridized carbons (Fsp3) is 0.200. The number of hydrogen-bond donors (Lipinski definition) is 1. The molecule has 1 heterocycles. The average molecular weight is 336 g/mol. The van der Waals surface area contributed by atoms with Crippen LogP contribution in [0.15, 0.2) is 53.3 Å². The second kappa shape index (κ2) is 5.84. The van der Waals surface area contributed by atoms with E-state index in [0.29, 0.717) is 22.2 Å². The first kappa shape index (κ1) is 15.6. The predicted octanol–water partition coefficient (Wildman–Crippen LogP) is 4.04. The zero-order valence-corrected chi connectivity index (χ0v) is 13.8. The first-order chi connectivity index (χ1) is 12.0. The monoisotopic (exact) mass is 336 g/mol. The van der Waals surface area contributed by atoms with Gasteiger partial charge in [0.2, 0.25) is 0 Å². The van der Waals surface area contributed by atoms with Crippen LogP contribution in [0.3, 0.4) is 0 Å². The lowest BCUT2D eigenvalue weighted by atomic mass is 10.1. The van der Waals surface area contributed by atoms with Crippen molar-refractivity contribution in [3.8, 4) is 0 Å². The summed E-state index contributed by atoms with van der Waals surface area (Å²) in [5, 5.41) is 3.71. The van der Waals surface area contributed by atoms with Gasteiger partial charge in [-0.2, -0.15) is 0 Å². The van der Waals surface area contributed by atoms with E-state index in [1.807, 2.05) is 31.2 Å². The number of pyridine rings is 1. The van der Waals surface area contributed by atoms with Crippen LogP contribution in [0.1, 0.15) is 34.9 Å². The lowest BCUT2D eigenvalue weighted by Crippen LogP contribution is -2.28. The second-order valence-corrected chi connectivity index (χ2v) is 6.49. The van der Waals surface area contributed by atoms with E-state index >= 15 is 0 Å². The Morgan fingerprint density at radius 2 is 1.84 bits per heavy atom. The van der Waals surface area contributed by atoms with Gasteiger partial charge in [-0.25, -0.2) is 4.39 Å². The lowest BCUT2D eigenvalue weighted by Gasteiger charge is -2.14. The predicted molar refractivity (Wildman–Crippen MR) is 95.6 cm³/mol. The minimum absolute atomic E-state index is 0.0129. The van der Waals surface area contributed by atoms with E-state index in [1.54, 1.807) is 6.07 Å². The molecule has 1 aliphatic carbocycles. The van der Waals surface area contributed by atoms with Crippen molar-refractivity contribution in [2.75, 3.05) is 5.32 Å². The van der Waals surface area contributed by atoms with E-state index in [0.717, 1.165) is 18.4 Å². The number of anilines is 1. The van der Waals surface area contributed by atoms with Gasteiger partial charge in [0, 0.05) is 11.7 Å². The molecule has 126 valence electrons. The molecule has 0 saturated heterocycles. The Balaban J connectivity index is 1.81. The summed E-state index contributed by atoms with van der Waals surface area (Å²) >= 11 is 0. The third-order valence-corrected chi connectivity index (χ3v) is 4.47. The SMILES string of the molecule is Cc1ccc(NC(=O)c2cc3ccc(F)cc3c(=O)n2C2CC2)cc1. The number of halogens is 1. The summed E-state index contributed by atoms with van der Waals surface area (Å²) in [4.78, 5) is 25.6. The Morgan fingerprint density at radius 1 is 1.12 bits per heavy atom. The van der Waals surface area contributed by atoms with Crippen LogP contribution in [0.5, 0.6) is 0 Å². The van der Waals surface area contributed by atoms with Crippen LogP contribution in [-0.4, -0.2) is 10.5 Å². The van der Waals surface area contributed by atoms with Crippen LogP contribution in [0.25, 0.3) is 10.8 Å². The zero-order chi connectivity index (χ0) is 17.6. The fourth-order valence-electron chi connectivity index (χ4n) is 3.00. The van der Waals surface area contributed by atoms with Gasteiger partial charge in [-0.3, -0.25) is 9.59 Å². The minimum atomic E-state index is -0.455. The molecule has 1 aromatic heterocycles. The maximum Gasteiger partial charge on any atom is 0.272 e. The molecule has 0 bridgehead atoms. The van der Waals surface area contributed by atoms with Gasteiger partial charge in [0.05, 0.1) is 5.39 Å². The Morgan fingerprint density at radius 3 is 2.52 bits per heavy atom. The van der Waals surface area contributed by atoms with E-state index < -0.39 is 5.82 Å². The largest absolute Gasteiger partial charge is 0.321 e. The standard InChI is InChI=1S/C20H17FN2O2/c1-12-2-6-15(7-3-12)22-19(24)18-10-13-4-5-14(21)11-17(13)20(25)23(18)16-8-9-16/h2-7,10-11,16H,8-9H2,1H3,(H,22,24). The first-order valence-electron chi connectivity index (χ1n) is 8.26. The zero-order valence-electron chi connectivity index (χ0n) is 13.8. The number of benzene rings is 2. The summed E-state index contributed by atoms with van der Waals surface area (Å²) in [7, 11) is 0. The molecule has 25 heavy (non-hydrogen) atoms. The Hall–Kier alpha value is -2.95. The van der Waals surface area contributed by atoms with Gasteiger partial charge in [-0.1, -0.05) is 23.8 Å². The van der Waals surface area contributed by atoms with E-state index in [1.165, 1.54) is 22.8 Å². The molecule has 1 N–H and O–H groups in total. The number of rotatable bonds is 3. The number of amides is 1. The van der Waals surface area contributed by atoms with Crippen LogP contribution < -0.4 is 10.9 Å². The van der Waals surface area contributed by atoms with E-state index in [2.05, 4.69) is 5.32 Å². The van der Waals surface area contributed by atoms with Crippen molar-refractivity contribution < 1.29 is 9.18 Å². The van der Waals surface area contributed by atoms with E-state index in [-0.39, 0.29) is 17.5 Å². The molecule has 0 spiro atoms. The van der Waals surface area contributed by atoms with Gasteiger partial charge in [-0.05, 0) is 55.5 Å². The van der Waals surface area contributed by atoms with Crippen molar-refractivity contribution >= 4 is 22.4 Å². The number of nitrogens with zero attached hydrogens (tertiary/aromatic N) is 1. The Bertz CT molecular complexity index is 1030. The summed E-state index contributed by atoms with van der Waals surface area (Å²) in [6, 6.07) is 13.2. The van der Waals surface area contributed by atoms with Crippen molar-refractivity contribution in [3.05, 3.63) is 76.0 Å². The average Bonchev–Trinajstić information content (AvgIpc) is 3.42. The number of carbonyl (C=O) groups is 1. The molecule has 0 radical (unpaired) electrons. The normalized spacial score (nSPS) is 13.8. The summed E-state index contributed by atoms with van der Waals surface area (Å²) in [5.41, 5.74) is 1.77. The maximum absolute atomic E-state index is 13.5. The van der Waals surface area contributed by atoms with Gasteiger partial charge in [0.25, 0.3) is 11.5 Å². The summed E-state index contributed by atoms with van der Waals surface area (Å²) in [6.07, 6.45) is 1.71. The molecule has 1 aliphatic rings. The second-order valence-electron chi connectivity index (χ2n) is 6.49. The molecule has 3 aromatic rings. The highest BCUT2D eigenvalue weighted by atomic mass is 19.1. The van der Waals surface area contributed by atoms with Gasteiger partial charge >= 0.3 is 0 Å². The van der Waals surface area contributed by atoms with Crippen LogP contribution in [0.2, 0.25) is 0 Å². The number of fused-ring (bicyclic) bond motifs is 1. The molecule has 0 aliphatic heterocycles. The fourth-order valence-corrected chi connectivity index (χ4v) is 3.00. The molecule has 2 aromatic carbocycles. The molecular weight excluding hydrogens is 319 g/mol. The van der Waals surface area contributed by atoms with Crippen LogP contribution in [0.4, 0.5) is 10.1 Å². The van der Waals surface area contributed by atoms with E-state index in [4.69, 9.17) is 0 Å². The van der Waals surface area contributed by atoms with Crippen LogP contribution in [-0.2, 0) is 0 Å². The van der Waals surface area contributed by atoms with Crippen LogP contribution in [0, 0.1) is 12.7 Å². The molecule has 1 amide bonds. The molecule has 4 nitrogen and oxygen atoms in total. The highest BCUT2D eigenvalue weighted by Crippen LogP contribution is 2.35. The van der Waals surface area contributed by atoms with Crippen molar-refractivity contribution in [2.24, 2.45) is 0 Å². The molecule has 5 heteroatoms. The molecule has 0 atom stereocenters. The smallest absolute Gasteiger partial charge is 0.272 e. The van der Waals surface area contributed by atoms with E-state index in [9.17, 15) is 14.0 Å². The molecule has 4 rings (SSSR count). The molecule has 1 saturated carbocycles. The van der Waals surface area contributed by atoms with Crippen molar-refractivity contribution in [1.29, 1.82) is 0 Å². The Kier molecular flexibility index (Phi) is 3.64. The van der Waals surface area contributed by atoms with Gasteiger partial charge in [0.15, 0.2) is 0 Å². The maximum atomic E-state index is 13.5.